The van der Waals surface area contributed by atoms with Gasteiger partial charge in [-0.15, -0.1) is 0 Å². The third-order valence-corrected chi connectivity index (χ3v) is 6.10. The van der Waals surface area contributed by atoms with Crippen molar-refractivity contribution in [2.75, 3.05) is 0 Å². The van der Waals surface area contributed by atoms with Gasteiger partial charge in [-0.05, 0) is 63.8 Å². The highest BCUT2D eigenvalue weighted by atomic mass is 35.5. The highest BCUT2D eigenvalue weighted by Crippen LogP contribution is 2.37. The van der Waals surface area contributed by atoms with E-state index in [2.05, 4.69) is 0 Å². The van der Waals surface area contributed by atoms with E-state index < -0.39 is 18.3 Å². The molecular formula is C21H23BClNO3. The van der Waals surface area contributed by atoms with Gasteiger partial charge in [0.2, 0.25) is 5.88 Å². The Labute approximate surface area is 164 Å². The number of hydrogen-bond donors (Lipinski definition) is 1. The van der Waals surface area contributed by atoms with Crippen molar-refractivity contribution in [1.29, 1.82) is 0 Å². The van der Waals surface area contributed by atoms with E-state index in [1.807, 2.05) is 71.1 Å². The summed E-state index contributed by atoms with van der Waals surface area (Å²) in [6.45, 7) is 10.2. The molecule has 0 bridgehead atoms. The van der Waals surface area contributed by atoms with Gasteiger partial charge in [0, 0.05) is 22.0 Å². The lowest BCUT2D eigenvalue weighted by Crippen LogP contribution is -2.41. The molecule has 0 spiro atoms. The Morgan fingerprint density at radius 2 is 1.70 bits per heavy atom. The van der Waals surface area contributed by atoms with Crippen LogP contribution in [0, 0.1) is 6.92 Å². The fourth-order valence-corrected chi connectivity index (χ4v) is 3.65. The highest BCUT2D eigenvalue weighted by Gasteiger charge is 2.52. The maximum atomic E-state index is 10.8. The van der Waals surface area contributed by atoms with Crippen LogP contribution >= 0.6 is 11.6 Å². The summed E-state index contributed by atoms with van der Waals surface area (Å²) >= 11 is 6.09. The third-order valence-electron chi connectivity index (χ3n) is 5.87. The molecule has 0 amide bonds. The van der Waals surface area contributed by atoms with E-state index in [-0.39, 0.29) is 5.88 Å². The van der Waals surface area contributed by atoms with Crippen molar-refractivity contribution in [3.63, 3.8) is 0 Å². The van der Waals surface area contributed by atoms with Gasteiger partial charge in [-0.1, -0.05) is 29.8 Å². The predicted molar refractivity (Wildman–Crippen MR) is 110 cm³/mol. The van der Waals surface area contributed by atoms with Gasteiger partial charge in [-0.2, -0.15) is 0 Å². The lowest BCUT2D eigenvalue weighted by Gasteiger charge is -2.32. The van der Waals surface area contributed by atoms with Crippen LogP contribution < -0.4 is 5.46 Å². The summed E-state index contributed by atoms with van der Waals surface area (Å²) in [5, 5.41) is 13.0. The Kier molecular flexibility index (Phi) is 4.11. The third kappa shape index (κ3) is 2.85. The molecule has 0 saturated carbocycles. The molecule has 1 N–H and O–H groups in total. The Bertz CT molecular complexity index is 1030. The lowest BCUT2D eigenvalue weighted by atomic mass is 9.76. The van der Waals surface area contributed by atoms with Crippen molar-refractivity contribution in [1.82, 2.24) is 4.57 Å². The zero-order chi connectivity index (χ0) is 19.6. The number of fused-ring (bicyclic) bond motifs is 1. The van der Waals surface area contributed by atoms with Crippen molar-refractivity contribution < 1.29 is 14.4 Å². The molecule has 0 unspecified atom stereocenters. The second-order valence-corrected chi connectivity index (χ2v) is 8.57. The van der Waals surface area contributed by atoms with Crippen molar-refractivity contribution >= 4 is 35.0 Å². The fraction of sp³-hybridized carbons (Fsp3) is 0.333. The summed E-state index contributed by atoms with van der Waals surface area (Å²) in [6, 6.07) is 11.4. The van der Waals surface area contributed by atoms with Crippen LogP contribution in [0.15, 0.2) is 42.6 Å². The largest absolute Gasteiger partial charge is 0.495 e. The minimum atomic E-state index is -0.448. The first-order chi connectivity index (χ1) is 12.6. The van der Waals surface area contributed by atoms with Crippen LogP contribution in [0.3, 0.4) is 0 Å². The molecule has 0 radical (unpaired) electrons. The van der Waals surface area contributed by atoms with Gasteiger partial charge >= 0.3 is 7.12 Å². The molecule has 0 atom stereocenters. The topological polar surface area (TPSA) is 43.6 Å². The quantitative estimate of drug-likeness (QED) is 0.658. The van der Waals surface area contributed by atoms with Crippen LogP contribution in [0.2, 0.25) is 5.02 Å². The molecule has 4 nitrogen and oxygen atoms in total. The zero-order valence-corrected chi connectivity index (χ0v) is 17.0. The van der Waals surface area contributed by atoms with Gasteiger partial charge in [0.05, 0.1) is 16.9 Å². The van der Waals surface area contributed by atoms with Crippen molar-refractivity contribution in [3.8, 4) is 11.6 Å². The van der Waals surface area contributed by atoms with E-state index >= 15 is 0 Å². The van der Waals surface area contributed by atoms with Gasteiger partial charge in [0.15, 0.2) is 0 Å². The van der Waals surface area contributed by atoms with Crippen LogP contribution in [0.1, 0.15) is 33.3 Å². The Morgan fingerprint density at radius 3 is 2.37 bits per heavy atom. The molecule has 1 aliphatic rings. The van der Waals surface area contributed by atoms with Crippen LogP contribution in [0.25, 0.3) is 16.5 Å². The molecule has 140 valence electrons. The average molecular weight is 384 g/mol. The monoisotopic (exact) mass is 383 g/mol. The van der Waals surface area contributed by atoms with Crippen LogP contribution in [-0.4, -0.2) is 28.0 Å². The Balaban J connectivity index is 1.81. The van der Waals surface area contributed by atoms with Gasteiger partial charge in [-0.3, -0.25) is 4.57 Å². The molecule has 1 aliphatic heterocycles. The number of hydrogen-bond acceptors (Lipinski definition) is 3. The molecule has 0 aliphatic carbocycles. The van der Waals surface area contributed by atoms with E-state index in [1.165, 1.54) is 0 Å². The number of aromatic hydroxyl groups is 1. The Morgan fingerprint density at radius 1 is 1.04 bits per heavy atom. The normalized spacial score (nSPS) is 18.4. The maximum absolute atomic E-state index is 10.8. The lowest BCUT2D eigenvalue weighted by molar-refractivity contribution is 0.00578. The molecule has 2 heterocycles. The number of benzene rings is 2. The molecule has 2 aromatic carbocycles. The smallest absolute Gasteiger partial charge is 0.494 e. The Hall–Kier alpha value is -1.95. The SMILES string of the molecule is Cc1c(B2OC(C)(C)C(C)(C)O2)cccc1-n1cc2ccc(Cl)cc2c1O. The molecule has 27 heavy (non-hydrogen) atoms. The van der Waals surface area contributed by atoms with Crippen LogP contribution in [0.4, 0.5) is 0 Å². The van der Waals surface area contributed by atoms with Crippen molar-refractivity contribution in [2.24, 2.45) is 0 Å². The van der Waals surface area contributed by atoms with Gasteiger partial charge < -0.3 is 14.4 Å². The zero-order valence-electron chi connectivity index (χ0n) is 16.2. The summed E-state index contributed by atoms with van der Waals surface area (Å²) < 4.78 is 14.2. The van der Waals surface area contributed by atoms with E-state index in [4.69, 9.17) is 20.9 Å². The standard InChI is InChI=1S/C21H23BClNO3/c1-13-17(22-26-20(2,3)21(4,5)27-22)7-6-8-18(13)24-12-14-9-10-15(23)11-16(14)19(24)25/h6-12,25H,1-5H3. The molecule has 1 fully saturated rings. The molecule has 1 saturated heterocycles. The molecule has 1 aromatic heterocycles. The first-order valence-corrected chi connectivity index (χ1v) is 9.44. The first kappa shape index (κ1) is 18.4. The first-order valence-electron chi connectivity index (χ1n) is 9.06. The van der Waals surface area contributed by atoms with E-state index in [0.29, 0.717) is 5.02 Å². The average Bonchev–Trinajstić information content (AvgIpc) is 3.01. The second-order valence-electron chi connectivity index (χ2n) is 8.13. The van der Waals surface area contributed by atoms with Gasteiger partial charge in [0.1, 0.15) is 0 Å². The predicted octanol–water partition coefficient (Wildman–Crippen LogP) is 4.60. The number of aromatic nitrogens is 1. The minimum Gasteiger partial charge on any atom is -0.494 e. The van der Waals surface area contributed by atoms with Crippen molar-refractivity contribution in [3.05, 3.63) is 53.2 Å². The molecular weight excluding hydrogens is 361 g/mol. The van der Waals surface area contributed by atoms with E-state index in [0.717, 1.165) is 27.5 Å². The summed E-state index contributed by atoms with van der Waals surface area (Å²) in [4.78, 5) is 0. The van der Waals surface area contributed by atoms with Crippen molar-refractivity contribution in [2.45, 2.75) is 45.8 Å². The number of rotatable bonds is 2. The highest BCUT2D eigenvalue weighted by molar-refractivity contribution is 6.62. The molecule has 4 rings (SSSR count). The fourth-order valence-electron chi connectivity index (χ4n) is 3.48. The molecule has 3 aromatic rings. The molecule has 6 heteroatoms. The maximum Gasteiger partial charge on any atom is 0.495 e. The summed E-state index contributed by atoms with van der Waals surface area (Å²) in [5.74, 6) is 0.168. The summed E-state index contributed by atoms with van der Waals surface area (Å²) in [7, 11) is -0.448. The minimum absolute atomic E-state index is 0.168. The number of halogens is 1. The second kappa shape index (κ2) is 6.03. The van der Waals surface area contributed by atoms with Gasteiger partial charge in [-0.25, -0.2) is 0 Å². The van der Waals surface area contributed by atoms with Gasteiger partial charge in [0.25, 0.3) is 0 Å². The van der Waals surface area contributed by atoms with E-state index in [9.17, 15) is 5.11 Å². The van der Waals surface area contributed by atoms with Crippen LogP contribution in [0.5, 0.6) is 5.88 Å². The summed E-state index contributed by atoms with van der Waals surface area (Å²) in [6.07, 6.45) is 1.91. The van der Waals surface area contributed by atoms with E-state index in [1.54, 1.807) is 10.6 Å². The number of nitrogens with zero attached hydrogens (tertiary/aromatic N) is 1. The summed E-state index contributed by atoms with van der Waals surface area (Å²) in [5.41, 5.74) is 2.04. The van der Waals surface area contributed by atoms with Crippen LogP contribution in [-0.2, 0) is 9.31 Å².